The van der Waals surface area contributed by atoms with E-state index in [9.17, 15) is 4.79 Å². The quantitative estimate of drug-likeness (QED) is 0.231. The van der Waals surface area contributed by atoms with Crippen LogP contribution in [0.15, 0.2) is 0 Å². The number of nitrogens with zero attached hydrogens (tertiary/aromatic N) is 1. The first-order valence-corrected chi connectivity index (χ1v) is 4.25. The molecule has 0 radical (unpaired) electrons. The van der Waals surface area contributed by atoms with Gasteiger partial charge in [-0.2, -0.15) is 0 Å². The van der Waals surface area contributed by atoms with E-state index in [1.54, 1.807) is 6.92 Å². The number of aliphatic carboxylic acids is 1. The predicted octanol–water partition coefficient (Wildman–Crippen LogP) is -2.26. The van der Waals surface area contributed by atoms with E-state index in [2.05, 4.69) is 5.14 Å². The Kier molecular flexibility index (Phi) is 9.70. The molecule has 7 nitrogen and oxygen atoms in total. The maximum absolute atomic E-state index is 9.85. The zero-order valence-electron chi connectivity index (χ0n) is 6.64. The van der Waals surface area contributed by atoms with E-state index in [1.165, 1.54) is 5.01 Å². The van der Waals surface area contributed by atoms with Crippen molar-refractivity contribution in [3.05, 3.63) is 0 Å². The summed E-state index contributed by atoms with van der Waals surface area (Å²) in [5.74, 6) is 4.23. The minimum Gasteiger partial charge on any atom is -0.480 e. The summed E-state index contributed by atoms with van der Waals surface area (Å²) in [6.07, 6.45) is 0. The Balaban J connectivity index is 0. The zero-order chi connectivity index (χ0) is 10.1. The van der Waals surface area contributed by atoms with Crippen LogP contribution in [0, 0.1) is 0 Å². The summed E-state index contributed by atoms with van der Waals surface area (Å²) in [5.41, 5.74) is 0. The molecule has 0 aromatic heterocycles. The first kappa shape index (κ1) is 13.9. The zero-order valence-corrected chi connectivity index (χ0v) is 7.53. The summed E-state index contributed by atoms with van der Waals surface area (Å²) in [6, 6.07) is 0. The number of rotatable bonds is 3. The van der Waals surface area contributed by atoms with Gasteiger partial charge in [0.2, 0.25) is 0 Å². The Labute approximate surface area is 72.0 Å². The highest BCUT2D eigenvalue weighted by Crippen LogP contribution is 1.72. The van der Waals surface area contributed by atoms with Gasteiger partial charge in [-0.05, 0) is 0 Å². The van der Waals surface area contributed by atoms with Crippen molar-refractivity contribution < 1.29 is 18.3 Å². The summed E-state index contributed by atoms with van der Waals surface area (Å²) < 4.78 is 17.6. The Morgan fingerprint density at radius 1 is 1.58 bits per heavy atom. The number of nitrogens with two attached hydrogens (primary N) is 2. The van der Waals surface area contributed by atoms with Gasteiger partial charge in [0.15, 0.2) is 10.9 Å². The number of hydrazine groups is 1. The van der Waals surface area contributed by atoms with E-state index in [-0.39, 0.29) is 6.54 Å². The van der Waals surface area contributed by atoms with Crippen LogP contribution in [-0.2, 0) is 15.7 Å². The second-order valence-electron chi connectivity index (χ2n) is 1.74. The number of carboxylic acids is 1. The molecule has 0 spiro atoms. The van der Waals surface area contributed by atoms with Gasteiger partial charge in [-0.1, -0.05) is 6.92 Å². The fourth-order valence-electron chi connectivity index (χ4n) is 0.286. The third-order valence-corrected chi connectivity index (χ3v) is 0.745. The molecule has 8 heteroatoms. The van der Waals surface area contributed by atoms with Gasteiger partial charge in [0.05, 0.1) is 0 Å². The molecule has 0 aliphatic carbocycles. The van der Waals surface area contributed by atoms with Crippen LogP contribution in [0.3, 0.4) is 0 Å². The Morgan fingerprint density at radius 2 is 1.92 bits per heavy atom. The van der Waals surface area contributed by atoms with Gasteiger partial charge in [-0.3, -0.25) is 10.6 Å². The van der Waals surface area contributed by atoms with Crippen LogP contribution >= 0.6 is 0 Å². The molecule has 5 N–H and O–H groups in total. The SMILES string of the molecule is CCN(N)CC(=O)O.N[SH](=O)=O. The van der Waals surface area contributed by atoms with Crippen molar-refractivity contribution in [1.29, 1.82) is 0 Å². The van der Waals surface area contributed by atoms with Gasteiger partial charge in [-0.15, -0.1) is 0 Å². The first-order chi connectivity index (χ1) is 5.40. The normalized spacial score (nSPS) is 9.42. The number of thiol groups is 1. The van der Waals surface area contributed by atoms with E-state index in [1.807, 2.05) is 0 Å². The van der Waals surface area contributed by atoms with Crippen LogP contribution in [0.2, 0.25) is 0 Å². The molecule has 0 unspecified atom stereocenters. The van der Waals surface area contributed by atoms with Gasteiger partial charge in [0.1, 0.15) is 6.54 Å². The smallest absolute Gasteiger partial charge is 0.319 e. The highest BCUT2D eigenvalue weighted by atomic mass is 32.2. The van der Waals surface area contributed by atoms with Gasteiger partial charge in [-0.25, -0.2) is 18.6 Å². The summed E-state index contributed by atoms with van der Waals surface area (Å²) in [5, 5.41) is 13.4. The van der Waals surface area contributed by atoms with Crippen molar-refractivity contribution in [2.45, 2.75) is 6.92 Å². The largest absolute Gasteiger partial charge is 0.480 e. The molecular weight excluding hydrogens is 186 g/mol. The number of likely N-dealkylation sites (N-methyl/N-ethyl adjacent to an activating group) is 1. The maximum Gasteiger partial charge on any atom is 0.319 e. The first-order valence-electron chi connectivity index (χ1n) is 3.00. The Hall–Kier alpha value is -0.700. The number of hydrogen-bond donors (Lipinski definition) is 4. The van der Waals surface area contributed by atoms with Crippen molar-refractivity contribution in [3.8, 4) is 0 Å². The van der Waals surface area contributed by atoms with Crippen LogP contribution < -0.4 is 11.0 Å². The third-order valence-electron chi connectivity index (χ3n) is 0.745. The lowest BCUT2D eigenvalue weighted by Crippen LogP contribution is -2.35. The maximum atomic E-state index is 9.85. The van der Waals surface area contributed by atoms with E-state index in [4.69, 9.17) is 19.4 Å². The van der Waals surface area contributed by atoms with E-state index in [0.29, 0.717) is 6.54 Å². The molecule has 74 valence electrons. The molecule has 0 atom stereocenters. The number of carbonyl (C=O) groups is 1. The van der Waals surface area contributed by atoms with Crippen molar-refractivity contribution in [2.24, 2.45) is 11.0 Å². The highest BCUT2D eigenvalue weighted by Gasteiger charge is 1.99. The average Bonchev–Trinajstić information content (AvgIpc) is 1.84. The van der Waals surface area contributed by atoms with Crippen LogP contribution in [-0.4, -0.2) is 37.6 Å². The highest BCUT2D eigenvalue weighted by molar-refractivity contribution is 7.69. The van der Waals surface area contributed by atoms with E-state index < -0.39 is 16.9 Å². The van der Waals surface area contributed by atoms with E-state index in [0.717, 1.165) is 0 Å². The summed E-state index contributed by atoms with van der Waals surface area (Å²) in [7, 11) is -2.62. The number of carboxylic acid groups (broad SMARTS) is 1. The lowest BCUT2D eigenvalue weighted by Gasteiger charge is -2.07. The fraction of sp³-hybridized carbons (Fsp3) is 0.750. The van der Waals surface area contributed by atoms with Crippen LogP contribution in [0.4, 0.5) is 0 Å². The van der Waals surface area contributed by atoms with Gasteiger partial charge in [0, 0.05) is 6.54 Å². The monoisotopic (exact) mass is 199 g/mol. The molecule has 0 saturated carbocycles. The Bertz CT molecular complexity index is 185. The van der Waals surface area contributed by atoms with Gasteiger partial charge < -0.3 is 5.11 Å². The lowest BCUT2D eigenvalue weighted by molar-refractivity contribution is -0.138. The average molecular weight is 199 g/mol. The van der Waals surface area contributed by atoms with Crippen LogP contribution in [0.1, 0.15) is 6.92 Å². The van der Waals surface area contributed by atoms with Crippen molar-refractivity contribution in [1.82, 2.24) is 5.01 Å². The predicted molar refractivity (Wildman–Crippen MR) is 43.6 cm³/mol. The topological polar surface area (TPSA) is 127 Å². The van der Waals surface area contributed by atoms with Gasteiger partial charge in [0.25, 0.3) is 0 Å². The molecule has 0 heterocycles. The molecule has 0 aromatic carbocycles. The van der Waals surface area contributed by atoms with Crippen molar-refractivity contribution in [3.63, 3.8) is 0 Å². The van der Waals surface area contributed by atoms with Crippen LogP contribution in [0.5, 0.6) is 0 Å². The van der Waals surface area contributed by atoms with Crippen molar-refractivity contribution in [2.75, 3.05) is 13.1 Å². The third kappa shape index (κ3) is 22.8. The molecule has 0 amide bonds. The molecule has 0 aliphatic rings. The molecular formula is C4H13N3O4S. The van der Waals surface area contributed by atoms with Crippen molar-refractivity contribution >= 4 is 16.9 Å². The standard InChI is InChI=1S/C4H10N2O2.H3NO2S/c1-2-6(5)3-4(7)8;1-4(2)3/h2-3,5H2,1H3,(H,7,8);4H,(H2,1,2,3). The molecule has 12 heavy (non-hydrogen) atoms. The summed E-state index contributed by atoms with van der Waals surface area (Å²) in [6.45, 7) is 2.27. The molecule has 0 saturated heterocycles. The summed E-state index contributed by atoms with van der Waals surface area (Å²) >= 11 is 0. The lowest BCUT2D eigenvalue weighted by atomic mass is 10.6. The minimum atomic E-state index is -2.62. The summed E-state index contributed by atoms with van der Waals surface area (Å²) in [4.78, 5) is 9.85. The second kappa shape index (κ2) is 8.40. The molecule has 0 bridgehead atoms. The molecule has 0 rings (SSSR count). The molecule has 0 aromatic rings. The van der Waals surface area contributed by atoms with Gasteiger partial charge >= 0.3 is 5.97 Å². The Morgan fingerprint density at radius 3 is 2.00 bits per heavy atom. The van der Waals surface area contributed by atoms with E-state index >= 15 is 0 Å². The fourth-order valence-corrected chi connectivity index (χ4v) is 0.286. The molecule has 0 aliphatic heterocycles. The molecule has 0 fully saturated rings. The number of hydrogen-bond acceptors (Lipinski definition) is 5. The van der Waals surface area contributed by atoms with Crippen LogP contribution in [0.25, 0.3) is 0 Å². The second-order valence-corrected chi connectivity index (χ2v) is 2.31. The minimum absolute atomic E-state index is 0.0868.